The first-order chi connectivity index (χ1) is 13.6. The molecule has 0 fully saturated rings. The van der Waals surface area contributed by atoms with E-state index in [0.29, 0.717) is 19.8 Å². The lowest BCUT2D eigenvalue weighted by Crippen LogP contribution is -2.41. The van der Waals surface area contributed by atoms with Crippen molar-refractivity contribution >= 4 is 27.5 Å². The monoisotopic (exact) mass is 443 g/mol. The topological polar surface area (TPSA) is 44.9 Å². The van der Waals surface area contributed by atoms with E-state index in [1.807, 2.05) is 36.4 Å². The number of nitrogens with zero attached hydrogens (tertiary/aromatic N) is 2. The quantitative estimate of drug-likeness (QED) is 0.715. The summed E-state index contributed by atoms with van der Waals surface area (Å²) in [7, 11) is 0. The third-order valence-corrected chi connectivity index (χ3v) is 6.40. The standard InChI is InChI=1S/C22H24BrN2O3/c23-17-7-5-16(6-8-17)22(26)15-24(21-4-2-1-3-11-25(21)22)18-9-10-19-20(14-18)28-13-12-27-19/h5-10,14,26H,1-4,11-13,15H2/q+1. The molecule has 146 valence electrons. The average Bonchev–Trinajstić information content (AvgIpc) is 2.87. The van der Waals surface area contributed by atoms with Crippen molar-refractivity contribution in [1.82, 2.24) is 0 Å². The van der Waals surface area contributed by atoms with Crippen LogP contribution in [0.15, 0.2) is 46.9 Å². The molecule has 6 heteroatoms. The van der Waals surface area contributed by atoms with Gasteiger partial charge in [0.1, 0.15) is 18.9 Å². The fourth-order valence-electron chi connectivity index (χ4n) is 4.47. The Bertz CT molecular complexity index is 928. The zero-order valence-electron chi connectivity index (χ0n) is 15.7. The maximum Gasteiger partial charge on any atom is 0.271 e. The van der Waals surface area contributed by atoms with E-state index in [-0.39, 0.29) is 0 Å². The Hall–Kier alpha value is -2.05. The molecule has 0 spiro atoms. The lowest BCUT2D eigenvalue weighted by molar-refractivity contribution is -0.658. The highest BCUT2D eigenvalue weighted by Crippen LogP contribution is 2.39. The first-order valence-corrected chi connectivity index (χ1v) is 10.7. The van der Waals surface area contributed by atoms with Crippen LogP contribution < -0.4 is 14.4 Å². The first-order valence-electron chi connectivity index (χ1n) is 9.94. The molecule has 1 atom stereocenters. The number of ether oxygens (including phenoxy) is 2. The van der Waals surface area contributed by atoms with E-state index < -0.39 is 5.72 Å². The maximum atomic E-state index is 11.8. The van der Waals surface area contributed by atoms with Crippen molar-refractivity contribution in [3.05, 3.63) is 52.5 Å². The Morgan fingerprint density at radius 1 is 0.964 bits per heavy atom. The second-order valence-electron chi connectivity index (χ2n) is 7.62. The fourth-order valence-corrected chi connectivity index (χ4v) is 4.74. The molecule has 0 bridgehead atoms. The van der Waals surface area contributed by atoms with E-state index >= 15 is 0 Å². The second kappa shape index (κ2) is 7.08. The molecule has 0 radical (unpaired) electrons. The van der Waals surface area contributed by atoms with Crippen LogP contribution in [0, 0.1) is 0 Å². The first kappa shape index (κ1) is 18.0. The lowest BCUT2D eigenvalue weighted by Gasteiger charge is -2.24. The summed E-state index contributed by atoms with van der Waals surface area (Å²) < 4.78 is 14.7. The van der Waals surface area contributed by atoms with Gasteiger partial charge >= 0.3 is 0 Å². The highest BCUT2D eigenvalue weighted by Gasteiger charge is 2.52. The number of benzene rings is 2. The minimum Gasteiger partial charge on any atom is -0.486 e. The van der Waals surface area contributed by atoms with E-state index in [1.165, 1.54) is 12.3 Å². The van der Waals surface area contributed by atoms with Gasteiger partial charge in [0.15, 0.2) is 18.0 Å². The summed E-state index contributed by atoms with van der Waals surface area (Å²) in [6.07, 6.45) is 4.39. The highest BCUT2D eigenvalue weighted by atomic mass is 79.9. The largest absolute Gasteiger partial charge is 0.486 e. The minimum atomic E-state index is -1.03. The second-order valence-corrected chi connectivity index (χ2v) is 8.53. The molecule has 0 saturated heterocycles. The van der Waals surface area contributed by atoms with Crippen LogP contribution in [0.2, 0.25) is 0 Å². The van der Waals surface area contributed by atoms with Crippen LogP contribution in [0.4, 0.5) is 5.69 Å². The van der Waals surface area contributed by atoms with Crippen molar-refractivity contribution in [2.24, 2.45) is 0 Å². The Kier molecular flexibility index (Phi) is 4.56. The van der Waals surface area contributed by atoms with Gasteiger partial charge in [0.05, 0.1) is 6.54 Å². The molecule has 5 rings (SSSR count). The number of hydrogen-bond acceptors (Lipinski definition) is 4. The Morgan fingerprint density at radius 3 is 2.57 bits per heavy atom. The van der Waals surface area contributed by atoms with Gasteiger partial charge in [-0.1, -0.05) is 28.1 Å². The van der Waals surface area contributed by atoms with Crippen LogP contribution in [0.3, 0.4) is 0 Å². The van der Waals surface area contributed by atoms with Crippen molar-refractivity contribution in [2.75, 3.05) is 31.2 Å². The van der Waals surface area contributed by atoms with Crippen molar-refractivity contribution in [3.63, 3.8) is 0 Å². The van der Waals surface area contributed by atoms with E-state index in [2.05, 4.69) is 31.5 Å². The van der Waals surface area contributed by atoms with Gasteiger partial charge in [-0.3, -0.25) is 0 Å². The Labute approximate surface area is 173 Å². The molecule has 2 aromatic carbocycles. The zero-order chi connectivity index (χ0) is 19.1. The van der Waals surface area contributed by atoms with Crippen molar-refractivity contribution in [2.45, 2.75) is 31.4 Å². The third kappa shape index (κ3) is 2.99. The number of amidine groups is 1. The minimum absolute atomic E-state index is 0.504. The molecule has 0 aromatic heterocycles. The number of rotatable bonds is 2. The van der Waals surface area contributed by atoms with Crippen LogP contribution >= 0.6 is 15.9 Å². The van der Waals surface area contributed by atoms with Crippen LogP contribution in [0.25, 0.3) is 0 Å². The van der Waals surface area contributed by atoms with Gasteiger partial charge < -0.3 is 14.6 Å². The molecule has 5 nitrogen and oxygen atoms in total. The predicted octanol–water partition coefficient (Wildman–Crippen LogP) is 3.87. The van der Waals surface area contributed by atoms with E-state index in [1.54, 1.807) is 0 Å². The summed E-state index contributed by atoms with van der Waals surface area (Å²) in [6.45, 7) is 2.53. The summed E-state index contributed by atoms with van der Waals surface area (Å²) in [5, 5.41) is 11.8. The molecule has 2 aromatic rings. The van der Waals surface area contributed by atoms with Crippen LogP contribution in [0.1, 0.15) is 31.2 Å². The molecule has 28 heavy (non-hydrogen) atoms. The van der Waals surface area contributed by atoms with Gasteiger partial charge in [0.2, 0.25) is 0 Å². The van der Waals surface area contributed by atoms with Gasteiger partial charge in [-0.25, -0.2) is 9.48 Å². The van der Waals surface area contributed by atoms with Crippen molar-refractivity contribution < 1.29 is 19.2 Å². The zero-order valence-corrected chi connectivity index (χ0v) is 17.3. The Balaban J connectivity index is 1.58. The molecular formula is C22H24BrN2O3+. The maximum absolute atomic E-state index is 11.8. The SMILES string of the molecule is OC1(c2ccc(Br)cc2)CN(c2ccc3c(c2)OCCO3)C2=[N+]1CCCCC2. The van der Waals surface area contributed by atoms with Gasteiger partial charge in [-0.2, -0.15) is 0 Å². The summed E-state index contributed by atoms with van der Waals surface area (Å²) in [6, 6.07) is 14.1. The van der Waals surface area contributed by atoms with E-state index in [4.69, 9.17) is 9.47 Å². The van der Waals surface area contributed by atoms with Gasteiger partial charge in [-0.05, 0) is 43.5 Å². The number of halogens is 1. The molecule has 3 aliphatic rings. The predicted molar refractivity (Wildman–Crippen MR) is 111 cm³/mol. The number of anilines is 1. The normalized spacial score (nSPS) is 24.1. The summed E-state index contributed by atoms with van der Waals surface area (Å²) in [4.78, 5) is 2.26. The van der Waals surface area contributed by atoms with Gasteiger partial charge in [0.25, 0.3) is 11.6 Å². The van der Waals surface area contributed by atoms with Crippen LogP contribution in [-0.4, -0.2) is 41.8 Å². The number of β-amino-alcohol motifs (C(OH)–C–C–N with tert-alkyl or cyclic N) is 1. The lowest BCUT2D eigenvalue weighted by atomic mass is 10.0. The van der Waals surface area contributed by atoms with Gasteiger partial charge in [0, 0.05) is 22.5 Å². The number of fused-ring (bicyclic) bond motifs is 1. The van der Waals surface area contributed by atoms with Crippen LogP contribution in [-0.2, 0) is 5.72 Å². The molecule has 0 amide bonds. The fraction of sp³-hybridized carbons (Fsp3) is 0.409. The molecule has 1 unspecified atom stereocenters. The van der Waals surface area contributed by atoms with E-state index in [0.717, 1.165) is 53.0 Å². The number of aliphatic hydroxyl groups is 1. The molecular weight excluding hydrogens is 420 g/mol. The van der Waals surface area contributed by atoms with Crippen molar-refractivity contribution in [3.8, 4) is 11.5 Å². The van der Waals surface area contributed by atoms with Crippen LogP contribution in [0.5, 0.6) is 11.5 Å². The highest BCUT2D eigenvalue weighted by molar-refractivity contribution is 9.10. The molecule has 0 saturated carbocycles. The average molecular weight is 444 g/mol. The summed E-state index contributed by atoms with van der Waals surface area (Å²) >= 11 is 3.50. The summed E-state index contributed by atoms with van der Waals surface area (Å²) in [5.74, 6) is 2.77. The summed E-state index contributed by atoms with van der Waals surface area (Å²) in [5.41, 5.74) is 0.933. The van der Waals surface area contributed by atoms with E-state index in [9.17, 15) is 5.11 Å². The smallest absolute Gasteiger partial charge is 0.271 e. The van der Waals surface area contributed by atoms with Gasteiger partial charge in [-0.15, -0.1) is 0 Å². The third-order valence-electron chi connectivity index (χ3n) is 5.87. The molecule has 3 heterocycles. The molecule has 0 aliphatic carbocycles. The van der Waals surface area contributed by atoms with Crippen molar-refractivity contribution in [1.29, 1.82) is 0 Å². The Morgan fingerprint density at radius 2 is 1.75 bits per heavy atom. The number of hydrogen-bond donors (Lipinski definition) is 1. The molecule has 3 aliphatic heterocycles. The molecule has 1 N–H and O–H groups in total.